The number of imidazole rings is 1. The molecule has 1 aromatic carbocycles. The third-order valence-electron chi connectivity index (χ3n) is 3.21. The summed E-state index contributed by atoms with van der Waals surface area (Å²) in [7, 11) is 0. The van der Waals surface area contributed by atoms with Gasteiger partial charge in [0.15, 0.2) is 11.5 Å². The van der Waals surface area contributed by atoms with E-state index in [1.807, 2.05) is 23.6 Å². The third kappa shape index (κ3) is 1.96. The van der Waals surface area contributed by atoms with Gasteiger partial charge in [-0.25, -0.2) is 4.98 Å². The second-order valence-electron chi connectivity index (χ2n) is 4.48. The van der Waals surface area contributed by atoms with Crippen LogP contribution in [0.15, 0.2) is 29.3 Å². The number of hydrogen-bond donors (Lipinski definition) is 1. The summed E-state index contributed by atoms with van der Waals surface area (Å²) in [4.78, 5) is 4.54. The van der Waals surface area contributed by atoms with Crippen LogP contribution in [0.4, 0.5) is 5.82 Å². The molecule has 2 N–H and O–H groups in total. The van der Waals surface area contributed by atoms with Gasteiger partial charge in [-0.3, -0.25) is 0 Å². The highest BCUT2D eigenvalue weighted by molar-refractivity contribution is 9.10. The molecule has 1 aromatic heterocycles. The van der Waals surface area contributed by atoms with Gasteiger partial charge in [0.1, 0.15) is 17.3 Å². The molecule has 104 valence electrons. The Bertz CT molecular complexity index is 694. The predicted octanol–water partition coefficient (Wildman–Crippen LogP) is 3.12. The number of fused-ring (bicyclic) bond motifs is 1. The molecule has 0 saturated carbocycles. The number of rotatable bonds is 3. The van der Waals surface area contributed by atoms with Gasteiger partial charge in [0, 0.05) is 12.1 Å². The van der Waals surface area contributed by atoms with E-state index in [0.29, 0.717) is 18.1 Å². The predicted molar refractivity (Wildman–Crippen MR) is 80.8 cm³/mol. The molecule has 0 aliphatic carbocycles. The minimum Gasteiger partial charge on any atom is -0.454 e. The minimum atomic E-state index is 0.233. The SMILES string of the molecule is C=CCn1c(C)nc(-c2cc(Br)c3c(c2)OCO3)c1N. The monoisotopic (exact) mass is 335 g/mol. The molecule has 0 radical (unpaired) electrons. The van der Waals surface area contributed by atoms with Gasteiger partial charge in [0.05, 0.1) is 4.47 Å². The van der Waals surface area contributed by atoms with E-state index in [1.54, 1.807) is 6.08 Å². The lowest BCUT2D eigenvalue weighted by atomic mass is 10.1. The first-order valence-corrected chi connectivity index (χ1v) is 6.94. The number of allylic oxidation sites excluding steroid dienone is 1. The fraction of sp³-hybridized carbons (Fsp3) is 0.214. The highest BCUT2D eigenvalue weighted by Crippen LogP contribution is 2.43. The topological polar surface area (TPSA) is 62.3 Å². The van der Waals surface area contributed by atoms with Gasteiger partial charge in [-0.15, -0.1) is 6.58 Å². The number of halogens is 1. The van der Waals surface area contributed by atoms with Gasteiger partial charge >= 0.3 is 0 Å². The van der Waals surface area contributed by atoms with Crippen LogP contribution in [-0.2, 0) is 6.54 Å². The molecule has 0 spiro atoms. The van der Waals surface area contributed by atoms with Crippen LogP contribution in [-0.4, -0.2) is 16.3 Å². The second kappa shape index (κ2) is 4.86. The van der Waals surface area contributed by atoms with Crippen LogP contribution < -0.4 is 15.2 Å². The van der Waals surface area contributed by atoms with Crippen molar-refractivity contribution in [2.24, 2.45) is 0 Å². The van der Waals surface area contributed by atoms with Crippen molar-refractivity contribution in [2.45, 2.75) is 13.5 Å². The lowest BCUT2D eigenvalue weighted by molar-refractivity contribution is 0.173. The van der Waals surface area contributed by atoms with Crippen molar-refractivity contribution in [1.29, 1.82) is 0 Å². The van der Waals surface area contributed by atoms with Crippen LogP contribution >= 0.6 is 15.9 Å². The Balaban J connectivity index is 2.12. The molecule has 0 amide bonds. The van der Waals surface area contributed by atoms with Crippen molar-refractivity contribution in [3.05, 3.63) is 35.1 Å². The van der Waals surface area contributed by atoms with Crippen LogP contribution in [0.3, 0.4) is 0 Å². The molecule has 5 nitrogen and oxygen atoms in total. The van der Waals surface area contributed by atoms with Crippen molar-refractivity contribution < 1.29 is 9.47 Å². The molecule has 1 aliphatic rings. The number of nitrogens with zero attached hydrogens (tertiary/aromatic N) is 2. The van der Waals surface area contributed by atoms with E-state index in [0.717, 1.165) is 27.3 Å². The van der Waals surface area contributed by atoms with E-state index in [1.165, 1.54) is 0 Å². The fourth-order valence-corrected chi connectivity index (χ4v) is 2.81. The molecule has 0 fully saturated rings. The Hall–Kier alpha value is -1.95. The summed E-state index contributed by atoms with van der Waals surface area (Å²) in [5.74, 6) is 2.89. The fourth-order valence-electron chi connectivity index (χ4n) is 2.26. The zero-order valence-corrected chi connectivity index (χ0v) is 12.6. The van der Waals surface area contributed by atoms with E-state index in [9.17, 15) is 0 Å². The maximum atomic E-state index is 6.18. The van der Waals surface area contributed by atoms with Gasteiger partial charge in [-0.1, -0.05) is 6.08 Å². The largest absolute Gasteiger partial charge is 0.454 e. The summed E-state index contributed by atoms with van der Waals surface area (Å²) >= 11 is 3.48. The van der Waals surface area contributed by atoms with Gasteiger partial charge in [0.2, 0.25) is 6.79 Å². The summed E-state index contributed by atoms with van der Waals surface area (Å²) in [6.07, 6.45) is 1.80. The van der Waals surface area contributed by atoms with E-state index >= 15 is 0 Å². The summed E-state index contributed by atoms with van der Waals surface area (Å²) in [5.41, 5.74) is 7.82. The molecular formula is C14H14BrN3O2. The molecule has 3 rings (SSSR count). The molecule has 2 aromatic rings. The lowest BCUT2D eigenvalue weighted by Gasteiger charge is -2.06. The number of aryl methyl sites for hydroxylation is 1. The highest BCUT2D eigenvalue weighted by Gasteiger charge is 2.21. The number of hydrogen-bond acceptors (Lipinski definition) is 4. The molecule has 0 unspecified atom stereocenters. The average Bonchev–Trinajstić information content (AvgIpc) is 2.99. The quantitative estimate of drug-likeness (QED) is 0.875. The molecule has 0 atom stereocenters. The number of anilines is 1. The Labute approximate surface area is 125 Å². The smallest absolute Gasteiger partial charge is 0.231 e. The average molecular weight is 336 g/mol. The Morgan fingerprint density at radius 2 is 2.30 bits per heavy atom. The number of nitrogen functional groups attached to an aromatic ring is 1. The summed E-state index contributed by atoms with van der Waals surface area (Å²) in [5, 5.41) is 0. The standard InChI is InChI=1S/C14H14BrN3O2/c1-3-4-18-8(2)17-12(14(18)16)9-5-10(15)13-11(6-9)19-7-20-13/h3,5-6H,1,4,7,16H2,2H3. The zero-order chi connectivity index (χ0) is 14.3. The lowest BCUT2D eigenvalue weighted by Crippen LogP contribution is -2.03. The van der Waals surface area contributed by atoms with Crippen LogP contribution in [0.25, 0.3) is 11.3 Å². The molecule has 20 heavy (non-hydrogen) atoms. The number of benzene rings is 1. The van der Waals surface area contributed by atoms with Crippen LogP contribution in [0.2, 0.25) is 0 Å². The van der Waals surface area contributed by atoms with Gasteiger partial charge in [0.25, 0.3) is 0 Å². The maximum Gasteiger partial charge on any atom is 0.231 e. The minimum absolute atomic E-state index is 0.233. The Morgan fingerprint density at radius 3 is 3.05 bits per heavy atom. The summed E-state index contributed by atoms with van der Waals surface area (Å²) in [6.45, 7) is 6.52. The number of aromatic nitrogens is 2. The van der Waals surface area contributed by atoms with Crippen molar-refractivity contribution in [1.82, 2.24) is 9.55 Å². The van der Waals surface area contributed by atoms with E-state index in [-0.39, 0.29) is 6.79 Å². The van der Waals surface area contributed by atoms with E-state index in [4.69, 9.17) is 15.2 Å². The summed E-state index contributed by atoms with van der Waals surface area (Å²) in [6, 6.07) is 3.83. The summed E-state index contributed by atoms with van der Waals surface area (Å²) < 4.78 is 13.5. The third-order valence-corrected chi connectivity index (χ3v) is 3.80. The molecule has 0 saturated heterocycles. The normalized spacial score (nSPS) is 12.7. The first-order valence-electron chi connectivity index (χ1n) is 6.15. The molecule has 1 aliphatic heterocycles. The van der Waals surface area contributed by atoms with Gasteiger partial charge in [-0.2, -0.15) is 0 Å². The number of ether oxygens (including phenoxy) is 2. The van der Waals surface area contributed by atoms with E-state index in [2.05, 4.69) is 27.5 Å². The van der Waals surface area contributed by atoms with Crippen molar-refractivity contribution in [3.8, 4) is 22.8 Å². The Morgan fingerprint density at radius 1 is 1.50 bits per heavy atom. The molecular weight excluding hydrogens is 322 g/mol. The Kier molecular flexibility index (Phi) is 3.17. The second-order valence-corrected chi connectivity index (χ2v) is 5.34. The number of nitrogens with two attached hydrogens (primary N) is 1. The molecule has 6 heteroatoms. The van der Waals surface area contributed by atoms with Crippen LogP contribution in [0.1, 0.15) is 5.82 Å². The van der Waals surface area contributed by atoms with E-state index < -0.39 is 0 Å². The maximum absolute atomic E-state index is 6.18. The zero-order valence-electron chi connectivity index (χ0n) is 11.0. The first kappa shape index (κ1) is 13.1. The van der Waals surface area contributed by atoms with Crippen molar-refractivity contribution >= 4 is 21.7 Å². The first-order chi connectivity index (χ1) is 9.61. The molecule has 0 bridgehead atoms. The van der Waals surface area contributed by atoms with Crippen LogP contribution in [0, 0.1) is 6.92 Å². The molecule has 2 heterocycles. The van der Waals surface area contributed by atoms with Crippen LogP contribution in [0.5, 0.6) is 11.5 Å². The highest BCUT2D eigenvalue weighted by atomic mass is 79.9. The van der Waals surface area contributed by atoms with Crippen molar-refractivity contribution in [2.75, 3.05) is 12.5 Å². The van der Waals surface area contributed by atoms with Crippen molar-refractivity contribution in [3.63, 3.8) is 0 Å². The van der Waals surface area contributed by atoms with Gasteiger partial charge < -0.3 is 19.8 Å². The van der Waals surface area contributed by atoms with Gasteiger partial charge in [-0.05, 0) is 35.0 Å².